The van der Waals surface area contributed by atoms with Gasteiger partial charge in [-0.15, -0.1) is 0 Å². The number of rotatable bonds is 3. The summed E-state index contributed by atoms with van der Waals surface area (Å²) in [6, 6.07) is -0.870. The first kappa shape index (κ1) is 13.1. The van der Waals surface area contributed by atoms with Gasteiger partial charge in [-0.2, -0.15) is 0 Å². The summed E-state index contributed by atoms with van der Waals surface area (Å²) in [5.74, 6) is 0. The van der Waals surface area contributed by atoms with E-state index in [0.717, 1.165) is 0 Å². The van der Waals surface area contributed by atoms with E-state index >= 15 is 0 Å². The summed E-state index contributed by atoms with van der Waals surface area (Å²) in [6.45, 7) is 0. The Kier molecular flexibility index (Phi) is 2.91. The number of benzene rings is 10. The predicted molar refractivity (Wildman–Crippen MR) is 208 cm³/mol. The summed E-state index contributed by atoms with van der Waals surface area (Å²) in [6.07, 6.45) is 0. The molecule has 0 unspecified atom stereocenters. The van der Waals surface area contributed by atoms with E-state index in [2.05, 4.69) is 0 Å². The van der Waals surface area contributed by atoms with Gasteiger partial charge in [-0.05, 0) is 122 Å². The summed E-state index contributed by atoms with van der Waals surface area (Å²) in [7, 11) is 0. The fourth-order valence-corrected chi connectivity index (χ4v) is 6.41. The molecule has 0 aliphatic heterocycles. The lowest BCUT2D eigenvalue weighted by molar-refractivity contribution is 1.60. The highest BCUT2D eigenvalue weighted by Crippen LogP contribution is 2.42. The van der Waals surface area contributed by atoms with Crippen LogP contribution in [0, 0.1) is 0 Å². The highest BCUT2D eigenvalue weighted by Gasteiger charge is 2.15. The maximum atomic E-state index is 9.45. The molecule has 0 aliphatic rings. The highest BCUT2D eigenvalue weighted by molar-refractivity contribution is 6.21. The maximum absolute atomic E-state index is 9.45. The Hall–Kier alpha value is -6.24. The van der Waals surface area contributed by atoms with Crippen LogP contribution in [-0.2, 0) is 0 Å². The van der Waals surface area contributed by atoms with Crippen LogP contribution in [0.4, 0.5) is 0 Å². The SMILES string of the molecule is [2H]c1c([2H])c([2H])c2c([2H])c3c(c([2H])c([2H])c4c([2H])c([2H])c([2H])c([2H])c43)c(-c3cccc(-c4cccc(-c5c6c([2H])c([2H])c([2H])c([2H])c6c([2H])c6c5c([2H])c([2H])c5c([2H])c([2H])c([2H])c([2H])c56)c4)c3)c2c1[2H]. The standard InChI is InChI=1S/C48H30/c1-5-19-39-31(11-1)23-25-43-45(39)29-35-13-3-7-21-41(35)47(43)37-17-9-15-33(27-37)34-16-10-18-38(28-34)48-42-22-8-4-14-36(42)30-46-40-20-6-2-12-32(40)24-26-44(46)48/h1-30H/i1D,2D,3D,4D,5D,6D,7D,8D,11D,12D,13D,14D,19D,20D,21D,22D,23D,24D,25D,26D,29D,30D. The summed E-state index contributed by atoms with van der Waals surface area (Å²) in [5.41, 5.74) is 1.14. The molecule has 0 aliphatic carbocycles. The first-order chi connectivity index (χ1) is 33.0. The van der Waals surface area contributed by atoms with E-state index in [4.69, 9.17) is 24.7 Å². The van der Waals surface area contributed by atoms with Gasteiger partial charge in [0.25, 0.3) is 0 Å². The van der Waals surface area contributed by atoms with Gasteiger partial charge in [0.1, 0.15) is 0 Å². The third-order valence-corrected chi connectivity index (χ3v) is 8.51. The van der Waals surface area contributed by atoms with Crippen molar-refractivity contribution in [1.29, 1.82) is 0 Å². The van der Waals surface area contributed by atoms with Gasteiger partial charge in [0.2, 0.25) is 0 Å². The van der Waals surface area contributed by atoms with E-state index in [1.54, 1.807) is 48.5 Å². The second-order valence-corrected chi connectivity index (χ2v) is 11.2. The van der Waals surface area contributed by atoms with Crippen LogP contribution in [0.15, 0.2) is 181 Å². The smallest absolute Gasteiger partial charge is 0.0616 e. The summed E-state index contributed by atoms with van der Waals surface area (Å²) < 4.78 is 195. The van der Waals surface area contributed by atoms with Crippen LogP contribution in [0.2, 0.25) is 0 Å². The minimum absolute atomic E-state index is 0.0314. The molecule has 0 heteroatoms. The van der Waals surface area contributed by atoms with Crippen molar-refractivity contribution in [3.63, 3.8) is 0 Å². The Labute approximate surface area is 310 Å². The predicted octanol–water partition coefficient (Wildman–Crippen LogP) is 13.6. The lowest BCUT2D eigenvalue weighted by Crippen LogP contribution is -1.89. The van der Waals surface area contributed by atoms with Gasteiger partial charge in [-0.25, -0.2) is 0 Å². The molecule has 0 saturated heterocycles. The molecule has 0 aromatic heterocycles. The fourth-order valence-electron chi connectivity index (χ4n) is 6.41. The minimum atomic E-state index is -0.684. The minimum Gasteiger partial charge on any atom is -0.0616 e. The fraction of sp³-hybridized carbons (Fsp3) is 0. The molecule has 0 atom stereocenters. The molecule has 0 N–H and O–H groups in total. The van der Waals surface area contributed by atoms with Crippen LogP contribution >= 0.6 is 0 Å². The Bertz CT molecular complexity index is 3880. The van der Waals surface area contributed by atoms with E-state index in [0.29, 0.717) is 11.1 Å². The molecule has 222 valence electrons. The molecule has 0 bridgehead atoms. The van der Waals surface area contributed by atoms with Crippen molar-refractivity contribution in [2.45, 2.75) is 0 Å². The van der Waals surface area contributed by atoms with Crippen LogP contribution in [0.5, 0.6) is 0 Å². The van der Waals surface area contributed by atoms with Gasteiger partial charge < -0.3 is 0 Å². The third kappa shape index (κ3) is 4.16. The van der Waals surface area contributed by atoms with Crippen molar-refractivity contribution in [2.75, 3.05) is 0 Å². The number of hydrogen-bond acceptors (Lipinski definition) is 0. The second-order valence-electron chi connectivity index (χ2n) is 11.2. The summed E-state index contributed by atoms with van der Waals surface area (Å²) >= 11 is 0. The summed E-state index contributed by atoms with van der Waals surface area (Å²) in [5, 5.41) is -3.08. The first-order valence-corrected chi connectivity index (χ1v) is 14.9. The lowest BCUT2D eigenvalue weighted by Gasteiger charge is -2.16. The summed E-state index contributed by atoms with van der Waals surface area (Å²) in [4.78, 5) is 0. The molecule has 0 radical (unpaired) electrons. The largest absolute Gasteiger partial charge is 0.0636 e. The number of hydrogen-bond donors (Lipinski definition) is 0. The maximum Gasteiger partial charge on any atom is 0.0636 e. The van der Waals surface area contributed by atoms with Crippen molar-refractivity contribution >= 4 is 64.6 Å². The van der Waals surface area contributed by atoms with Crippen molar-refractivity contribution in [3.8, 4) is 33.4 Å². The second kappa shape index (κ2) is 10.7. The normalized spacial score (nSPS) is 18.2. The van der Waals surface area contributed by atoms with Gasteiger partial charge in [0.05, 0.1) is 30.2 Å². The zero-order valence-electron chi connectivity index (χ0n) is 46.6. The van der Waals surface area contributed by atoms with Gasteiger partial charge in [-0.3, -0.25) is 0 Å². The van der Waals surface area contributed by atoms with E-state index in [1.807, 2.05) is 0 Å². The Morgan fingerprint density at radius 3 is 1.12 bits per heavy atom. The zero-order valence-corrected chi connectivity index (χ0v) is 24.6. The quantitative estimate of drug-likeness (QED) is 0.135. The average molecular weight is 629 g/mol. The van der Waals surface area contributed by atoms with Gasteiger partial charge >= 0.3 is 0 Å². The van der Waals surface area contributed by atoms with E-state index in [9.17, 15) is 5.48 Å². The lowest BCUT2D eigenvalue weighted by atomic mass is 9.87. The molecule has 10 aromatic carbocycles. The van der Waals surface area contributed by atoms with Crippen LogP contribution in [-0.4, -0.2) is 0 Å². The Morgan fingerprint density at radius 1 is 0.292 bits per heavy atom. The zero-order chi connectivity index (χ0) is 50.8. The molecular formula is C48H30. The number of fused-ring (bicyclic) bond motifs is 8. The molecule has 0 nitrogen and oxygen atoms in total. The molecule has 0 saturated carbocycles. The topological polar surface area (TPSA) is 0 Å². The molecular weight excluding hydrogens is 577 g/mol. The van der Waals surface area contributed by atoms with Crippen LogP contribution in [0.1, 0.15) is 30.2 Å². The van der Waals surface area contributed by atoms with Crippen LogP contribution < -0.4 is 0 Å². The third-order valence-electron chi connectivity index (χ3n) is 8.51. The van der Waals surface area contributed by atoms with E-state index in [-0.39, 0.29) is 86.9 Å². The van der Waals surface area contributed by atoms with Gasteiger partial charge in [-0.1, -0.05) is 157 Å². The molecule has 10 rings (SSSR count). The van der Waals surface area contributed by atoms with Gasteiger partial charge in [0, 0.05) is 0 Å². The van der Waals surface area contributed by atoms with Crippen molar-refractivity contribution in [3.05, 3.63) is 181 Å². The van der Waals surface area contributed by atoms with Crippen LogP contribution in [0.25, 0.3) is 98.0 Å². The van der Waals surface area contributed by atoms with E-state index < -0.39 is 133 Å². The van der Waals surface area contributed by atoms with Crippen molar-refractivity contribution in [1.82, 2.24) is 0 Å². The first-order valence-electron chi connectivity index (χ1n) is 25.9. The van der Waals surface area contributed by atoms with Crippen molar-refractivity contribution in [2.24, 2.45) is 0 Å². The van der Waals surface area contributed by atoms with Crippen molar-refractivity contribution < 1.29 is 30.2 Å². The highest BCUT2D eigenvalue weighted by atomic mass is 14.2. The molecule has 48 heavy (non-hydrogen) atoms. The van der Waals surface area contributed by atoms with E-state index in [1.165, 1.54) is 0 Å². The average Bonchev–Trinajstić information content (AvgIpc) is 3.35. The molecule has 0 heterocycles. The Balaban J connectivity index is 1.34. The molecule has 0 amide bonds. The van der Waals surface area contributed by atoms with Gasteiger partial charge in [0.15, 0.2) is 0 Å². The Morgan fingerprint density at radius 2 is 0.667 bits per heavy atom. The molecule has 0 fully saturated rings. The monoisotopic (exact) mass is 628 g/mol. The van der Waals surface area contributed by atoms with Crippen LogP contribution in [0.3, 0.4) is 0 Å². The molecule has 10 aromatic rings. The molecule has 0 spiro atoms.